The second-order valence-electron chi connectivity index (χ2n) is 9.40. The number of rotatable bonds is 6. The van der Waals surface area contributed by atoms with Gasteiger partial charge in [-0.1, -0.05) is 88.4 Å². The first-order valence-corrected chi connectivity index (χ1v) is 13.1. The summed E-state index contributed by atoms with van der Waals surface area (Å²) >= 11 is 0. The molecule has 0 radical (unpaired) electrons. The zero-order chi connectivity index (χ0) is 22.6. The summed E-state index contributed by atoms with van der Waals surface area (Å²) in [6, 6.07) is 21.0. The van der Waals surface area contributed by atoms with Crippen molar-refractivity contribution >= 4 is 30.4 Å². The van der Waals surface area contributed by atoms with Crippen LogP contribution in [0.5, 0.6) is 0 Å². The summed E-state index contributed by atoms with van der Waals surface area (Å²) in [5.74, 6) is -1.39. The SMILES string of the molecule is CCC1C(O[Si](c2ccccc2)(c2ccccc2)C(C)(C)C)CCC(=O)C1C(=O)OC. The predicted octanol–water partition coefficient (Wildman–Crippen LogP) is 4.11. The second-order valence-corrected chi connectivity index (χ2v) is 13.7. The molecule has 0 amide bonds. The molecule has 0 N–H and O–H groups in total. The lowest BCUT2D eigenvalue weighted by Gasteiger charge is -2.48. The van der Waals surface area contributed by atoms with Gasteiger partial charge in [0.25, 0.3) is 8.32 Å². The number of carbonyl (C=O) groups excluding carboxylic acids is 2. The van der Waals surface area contributed by atoms with E-state index in [1.807, 2.05) is 19.1 Å². The molecule has 3 rings (SSSR count). The Morgan fingerprint density at radius 1 is 1.00 bits per heavy atom. The Kier molecular flexibility index (Phi) is 7.17. The molecule has 0 bridgehead atoms. The van der Waals surface area contributed by atoms with Gasteiger partial charge in [-0.25, -0.2) is 0 Å². The fourth-order valence-electron chi connectivity index (χ4n) is 5.10. The van der Waals surface area contributed by atoms with E-state index in [1.54, 1.807) is 0 Å². The fourth-order valence-corrected chi connectivity index (χ4v) is 9.87. The number of esters is 1. The van der Waals surface area contributed by atoms with Crippen molar-refractivity contribution in [1.29, 1.82) is 0 Å². The molecular formula is C26H34O4Si. The van der Waals surface area contributed by atoms with Gasteiger partial charge in [0.2, 0.25) is 0 Å². The summed E-state index contributed by atoms with van der Waals surface area (Å²) in [7, 11) is -1.40. The summed E-state index contributed by atoms with van der Waals surface area (Å²) < 4.78 is 12.3. The minimum atomic E-state index is -2.75. The van der Waals surface area contributed by atoms with Crippen LogP contribution in [0.2, 0.25) is 5.04 Å². The molecule has 2 aromatic rings. The quantitative estimate of drug-likeness (QED) is 0.387. The van der Waals surface area contributed by atoms with Crippen molar-refractivity contribution < 1.29 is 18.8 Å². The van der Waals surface area contributed by atoms with Crippen molar-refractivity contribution in [3.63, 3.8) is 0 Å². The number of Topliss-reactive ketones (excluding diaryl/α,β-unsaturated/α-hetero) is 1. The maximum Gasteiger partial charge on any atom is 0.316 e. The van der Waals surface area contributed by atoms with Crippen LogP contribution < -0.4 is 10.4 Å². The summed E-state index contributed by atoms with van der Waals surface area (Å²) in [4.78, 5) is 25.2. The van der Waals surface area contributed by atoms with Crippen molar-refractivity contribution in [2.45, 2.75) is 58.1 Å². The topological polar surface area (TPSA) is 52.6 Å². The number of carbonyl (C=O) groups is 2. The lowest BCUT2D eigenvalue weighted by atomic mass is 9.75. The van der Waals surface area contributed by atoms with Crippen LogP contribution in [0.15, 0.2) is 60.7 Å². The maximum absolute atomic E-state index is 12.7. The third-order valence-electron chi connectivity index (χ3n) is 6.60. The molecule has 2 aromatic carbocycles. The second kappa shape index (κ2) is 9.49. The number of ketones is 1. The first-order valence-electron chi connectivity index (χ1n) is 11.2. The standard InChI is InChI=1S/C26H34O4Si/c1-6-21-23(18-17-22(27)24(21)25(28)29-5)30-31(26(2,3)4,19-13-9-7-10-14-19)20-15-11-8-12-16-20/h7-16,21,23-24H,6,17-18H2,1-5H3. The molecule has 0 aromatic heterocycles. The molecule has 4 nitrogen and oxygen atoms in total. The molecule has 31 heavy (non-hydrogen) atoms. The molecule has 5 heteroatoms. The van der Waals surface area contributed by atoms with E-state index < -0.39 is 20.2 Å². The van der Waals surface area contributed by atoms with Gasteiger partial charge in [0.05, 0.1) is 13.2 Å². The minimum absolute atomic E-state index is 0.0269. The fraction of sp³-hybridized carbons (Fsp3) is 0.462. The molecule has 0 aliphatic heterocycles. The Morgan fingerprint density at radius 2 is 1.52 bits per heavy atom. The van der Waals surface area contributed by atoms with Crippen LogP contribution in [0.1, 0.15) is 47.0 Å². The summed E-state index contributed by atoms with van der Waals surface area (Å²) in [6.07, 6.45) is 1.49. The lowest BCUT2D eigenvalue weighted by Crippen LogP contribution is -2.68. The zero-order valence-corrected chi connectivity index (χ0v) is 20.3. The molecule has 0 spiro atoms. The molecule has 3 atom stereocenters. The molecular weight excluding hydrogens is 404 g/mol. The van der Waals surface area contributed by atoms with E-state index >= 15 is 0 Å². The van der Waals surface area contributed by atoms with Crippen LogP contribution in [0.3, 0.4) is 0 Å². The maximum atomic E-state index is 12.7. The van der Waals surface area contributed by atoms with Crippen LogP contribution in [0, 0.1) is 11.8 Å². The van der Waals surface area contributed by atoms with Gasteiger partial charge in [0.15, 0.2) is 0 Å². The van der Waals surface area contributed by atoms with Gasteiger partial charge in [-0.05, 0) is 28.3 Å². The van der Waals surface area contributed by atoms with Crippen molar-refractivity contribution in [3.8, 4) is 0 Å². The lowest BCUT2D eigenvalue weighted by molar-refractivity contribution is -0.156. The smallest absolute Gasteiger partial charge is 0.316 e. The van der Waals surface area contributed by atoms with Crippen molar-refractivity contribution in [2.24, 2.45) is 11.8 Å². The number of benzene rings is 2. The minimum Gasteiger partial charge on any atom is -0.468 e. The molecule has 1 aliphatic carbocycles. The van der Waals surface area contributed by atoms with Gasteiger partial charge in [0.1, 0.15) is 11.7 Å². The third kappa shape index (κ3) is 4.39. The molecule has 0 heterocycles. The highest BCUT2D eigenvalue weighted by Crippen LogP contribution is 2.42. The van der Waals surface area contributed by atoms with Crippen molar-refractivity contribution in [1.82, 2.24) is 0 Å². The predicted molar refractivity (Wildman–Crippen MR) is 126 cm³/mol. The monoisotopic (exact) mass is 438 g/mol. The Bertz CT molecular complexity index is 841. The van der Waals surface area contributed by atoms with E-state index in [4.69, 9.17) is 9.16 Å². The Hall–Kier alpha value is -2.24. The highest BCUT2D eigenvalue weighted by atomic mass is 28.4. The van der Waals surface area contributed by atoms with E-state index in [1.165, 1.54) is 17.5 Å². The van der Waals surface area contributed by atoms with Gasteiger partial charge in [-0.15, -0.1) is 0 Å². The van der Waals surface area contributed by atoms with E-state index in [2.05, 4.69) is 69.3 Å². The Morgan fingerprint density at radius 3 is 1.94 bits per heavy atom. The van der Waals surface area contributed by atoms with Crippen LogP contribution in [0.4, 0.5) is 0 Å². The summed E-state index contributed by atoms with van der Waals surface area (Å²) in [6.45, 7) is 8.75. The van der Waals surface area contributed by atoms with Crippen molar-refractivity contribution in [2.75, 3.05) is 7.11 Å². The van der Waals surface area contributed by atoms with E-state index in [-0.39, 0.29) is 22.8 Å². The summed E-state index contributed by atoms with van der Waals surface area (Å²) in [5, 5.41) is 2.25. The first-order chi connectivity index (χ1) is 14.8. The normalized spacial score (nSPS) is 22.2. The van der Waals surface area contributed by atoms with Crippen LogP contribution in [0.25, 0.3) is 0 Å². The largest absolute Gasteiger partial charge is 0.468 e. The van der Waals surface area contributed by atoms with Crippen LogP contribution in [-0.4, -0.2) is 33.3 Å². The van der Waals surface area contributed by atoms with E-state index in [9.17, 15) is 9.59 Å². The Balaban J connectivity index is 2.15. The highest BCUT2D eigenvalue weighted by molar-refractivity contribution is 6.99. The number of ether oxygens (including phenoxy) is 1. The summed E-state index contributed by atoms with van der Waals surface area (Å²) in [5.41, 5.74) is 0. The number of methoxy groups -OCH3 is 1. The zero-order valence-electron chi connectivity index (χ0n) is 19.3. The van der Waals surface area contributed by atoms with E-state index in [0.29, 0.717) is 19.3 Å². The van der Waals surface area contributed by atoms with Crippen LogP contribution in [-0.2, 0) is 18.8 Å². The first kappa shape index (κ1) is 23.4. The highest BCUT2D eigenvalue weighted by Gasteiger charge is 2.54. The van der Waals surface area contributed by atoms with Crippen LogP contribution >= 0.6 is 0 Å². The molecule has 1 aliphatic rings. The van der Waals surface area contributed by atoms with Gasteiger partial charge in [-0.3, -0.25) is 9.59 Å². The van der Waals surface area contributed by atoms with E-state index in [0.717, 1.165) is 0 Å². The number of hydrogen-bond donors (Lipinski definition) is 0. The van der Waals surface area contributed by atoms with Gasteiger partial charge in [-0.2, -0.15) is 0 Å². The van der Waals surface area contributed by atoms with Gasteiger partial charge in [0, 0.05) is 12.3 Å². The van der Waals surface area contributed by atoms with Crippen molar-refractivity contribution in [3.05, 3.63) is 60.7 Å². The molecule has 166 valence electrons. The number of hydrogen-bond acceptors (Lipinski definition) is 4. The molecule has 0 saturated heterocycles. The molecule has 1 saturated carbocycles. The molecule has 3 unspecified atom stereocenters. The van der Waals surface area contributed by atoms with Gasteiger partial charge >= 0.3 is 5.97 Å². The average Bonchev–Trinajstić information content (AvgIpc) is 2.77. The van der Waals surface area contributed by atoms with Gasteiger partial charge < -0.3 is 9.16 Å². The average molecular weight is 439 g/mol. The molecule has 1 fully saturated rings. The third-order valence-corrected chi connectivity index (χ3v) is 11.7. The Labute approximate surface area is 187 Å².